The molecule has 1 atom stereocenters. The van der Waals surface area contributed by atoms with Crippen LogP contribution in [0.1, 0.15) is 61.0 Å². The van der Waals surface area contributed by atoms with E-state index in [1.807, 2.05) is 13.0 Å². The van der Waals surface area contributed by atoms with E-state index in [0.717, 1.165) is 36.7 Å². The smallest absolute Gasteiger partial charge is 0.338 e. The normalized spacial score (nSPS) is 18.0. The van der Waals surface area contributed by atoms with Gasteiger partial charge in [0.25, 0.3) is 5.56 Å². The lowest BCUT2D eigenvalue weighted by molar-refractivity contribution is -0.135. The van der Waals surface area contributed by atoms with Crippen LogP contribution in [0.4, 0.5) is 0 Å². The largest absolute Gasteiger partial charge is 0.465 e. The van der Waals surface area contributed by atoms with Gasteiger partial charge in [0.05, 0.1) is 23.7 Å². The molecule has 1 aliphatic heterocycles. The molecule has 3 heterocycles. The molecule has 1 saturated heterocycles. The van der Waals surface area contributed by atoms with Gasteiger partial charge in [0.1, 0.15) is 6.54 Å². The minimum absolute atomic E-state index is 0.0239. The number of pyridine rings is 1. The number of carbonyl (C=O) groups is 2. The standard InChI is InChI=1S/C26H28N4O5/c1-16-8-6-7-13-28(16)21(31)15-29-24(32)22-19(25(33)35-2)14-20(17-11-12-17)27-23(22)30(26(29)34)18-9-4-3-5-10-18/h3-5,9-10,14,16-17H,6-8,11-13,15H2,1-2H3/t16-/m0/s1. The first-order valence-electron chi connectivity index (χ1n) is 12.0. The molecular weight excluding hydrogens is 448 g/mol. The van der Waals surface area contributed by atoms with E-state index in [0.29, 0.717) is 17.9 Å². The first kappa shape index (κ1) is 23.0. The third kappa shape index (κ3) is 4.15. The highest BCUT2D eigenvalue weighted by atomic mass is 16.5. The molecule has 1 saturated carbocycles. The molecular formula is C26H28N4O5. The molecule has 0 radical (unpaired) electrons. The number of amides is 1. The van der Waals surface area contributed by atoms with Gasteiger partial charge in [0.2, 0.25) is 5.91 Å². The Morgan fingerprint density at radius 3 is 2.49 bits per heavy atom. The Kier molecular flexibility index (Phi) is 6.00. The van der Waals surface area contributed by atoms with Crippen molar-refractivity contribution in [1.82, 2.24) is 19.0 Å². The maximum atomic E-state index is 13.8. The molecule has 2 fully saturated rings. The van der Waals surface area contributed by atoms with Gasteiger partial charge in [0, 0.05) is 24.2 Å². The first-order valence-corrected chi connectivity index (χ1v) is 12.0. The number of benzene rings is 1. The minimum Gasteiger partial charge on any atom is -0.465 e. The molecule has 9 heteroatoms. The zero-order valence-electron chi connectivity index (χ0n) is 19.9. The van der Waals surface area contributed by atoms with Crippen LogP contribution in [-0.4, -0.2) is 50.6 Å². The number of fused-ring (bicyclic) bond motifs is 1. The summed E-state index contributed by atoms with van der Waals surface area (Å²) in [6.07, 6.45) is 4.66. The predicted octanol–water partition coefficient (Wildman–Crippen LogP) is 2.61. The molecule has 1 aromatic carbocycles. The SMILES string of the molecule is COC(=O)c1cc(C2CC2)nc2c1c(=O)n(CC(=O)N1CCCC[C@@H]1C)c(=O)n2-c1ccccc1. The summed E-state index contributed by atoms with van der Waals surface area (Å²) in [6.45, 7) is 2.16. The van der Waals surface area contributed by atoms with Crippen molar-refractivity contribution in [2.24, 2.45) is 0 Å². The highest BCUT2D eigenvalue weighted by Crippen LogP contribution is 2.40. The summed E-state index contributed by atoms with van der Waals surface area (Å²) < 4.78 is 7.23. The van der Waals surface area contributed by atoms with Gasteiger partial charge in [-0.2, -0.15) is 0 Å². The highest BCUT2D eigenvalue weighted by molar-refractivity contribution is 6.02. The fraction of sp³-hybridized carbons (Fsp3) is 0.423. The van der Waals surface area contributed by atoms with Crippen molar-refractivity contribution < 1.29 is 14.3 Å². The second-order valence-corrected chi connectivity index (χ2v) is 9.34. The van der Waals surface area contributed by atoms with Gasteiger partial charge >= 0.3 is 11.7 Å². The van der Waals surface area contributed by atoms with Crippen molar-refractivity contribution in [2.75, 3.05) is 13.7 Å². The summed E-state index contributed by atoms with van der Waals surface area (Å²) in [5, 5.41) is -0.0239. The first-order chi connectivity index (χ1) is 16.9. The molecule has 5 rings (SSSR count). The molecule has 35 heavy (non-hydrogen) atoms. The summed E-state index contributed by atoms with van der Waals surface area (Å²) in [7, 11) is 1.25. The number of para-hydroxylation sites is 1. The van der Waals surface area contributed by atoms with Gasteiger partial charge in [-0.3, -0.25) is 9.59 Å². The van der Waals surface area contributed by atoms with E-state index < -0.39 is 23.8 Å². The molecule has 9 nitrogen and oxygen atoms in total. The van der Waals surface area contributed by atoms with Gasteiger partial charge in [-0.15, -0.1) is 0 Å². The number of carbonyl (C=O) groups excluding carboxylic acids is 2. The van der Waals surface area contributed by atoms with Crippen LogP contribution in [0, 0.1) is 0 Å². The van der Waals surface area contributed by atoms with Crippen LogP contribution in [0.2, 0.25) is 0 Å². The quantitative estimate of drug-likeness (QED) is 0.525. The summed E-state index contributed by atoms with van der Waals surface area (Å²) in [5.41, 5.74) is -0.0790. The number of ether oxygens (including phenoxy) is 1. The Morgan fingerprint density at radius 1 is 1.09 bits per heavy atom. The van der Waals surface area contributed by atoms with Crippen LogP contribution in [0.25, 0.3) is 16.7 Å². The zero-order valence-corrected chi connectivity index (χ0v) is 19.9. The van der Waals surface area contributed by atoms with Crippen LogP contribution >= 0.6 is 0 Å². The maximum Gasteiger partial charge on any atom is 0.338 e. The van der Waals surface area contributed by atoms with E-state index in [2.05, 4.69) is 4.98 Å². The third-order valence-corrected chi connectivity index (χ3v) is 6.95. The van der Waals surface area contributed by atoms with Gasteiger partial charge in [-0.1, -0.05) is 18.2 Å². The Hall–Kier alpha value is -3.75. The van der Waals surface area contributed by atoms with Crippen LogP contribution in [-0.2, 0) is 16.1 Å². The fourth-order valence-corrected chi connectivity index (χ4v) is 4.86. The van der Waals surface area contributed by atoms with E-state index in [1.165, 1.54) is 11.7 Å². The zero-order chi connectivity index (χ0) is 24.7. The molecule has 0 bridgehead atoms. The topological polar surface area (TPSA) is 104 Å². The van der Waals surface area contributed by atoms with Crippen LogP contribution in [0.15, 0.2) is 46.0 Å². The fourth-order valence-electron chi connectivity index (χ4n) is 4.86. The lowest BCUT2D eigenvalue weighted by Crippen LogP contribution is -2.48. The molecule has 1 amide bonds. The molecule has 2 aromatic heterocycles. The van der Waals surface area contributed by atoms with Crippen LogP contribution in [0.3, 0.4) is 0 Å². The number of esters is 1. The molecule has 182 valence electrons. The van der Waals surface area contributed by atoms with Crippen molar-refractivity contribution in [1.29, 1.82) is 0 Å². The van der Waals surface area contributed by atoms with E-state index in [9.17, 15) is 19.2 Å². The van der Waals surface area contributed by atoms with Crippen molar-refractivity contribution in [2.45, 2.75) is 57.5 Å². The van der Waals surface area contributed by atoms with Crippen molar-refractivity contribution >= 4 is 22.9 Å². The Bertz CT molecular complexity index is 1420. The van der Waals surface area contributed by atoms with Crippen molar-refractivity contribution in [3.63, 3.8) is 0 Å². The summed E-state index contributed by atoms with van der Waals surface area (Å²) in [4.78, 5) is 59.8. The Labute approximate surface area is 202 Å². The number of piperidine rings is 1. The predicted molar refractivity (Wildman–Crippen MR) is 130 cm³/mol. The van der Waals surface area contributed by atoms with Gasteiger partial charge in [-0.05, 0) is 57.2 Å². The number of likely N-dealkylation sites (tertiary alicyclic amines) is 1. The number of hydrogen-bond donors (Lipinski definition) is 0. The van der Waals surface area contributed by atoms with Crippen LogP contribution in [0.5, 0.6) is 0 Å². The minimum atomic E-state index is -0.717. The molecule has 0 spiro atoms. The van der Waals surface area contributed by atoms with E-state index in [1.54, 1.807) is 35.2 Å². The molecule has 1 aliphatic carbocycles. The van der Waals surface area contributed by atoms with Gasteiger partial charge < -0.3 is 9.64 Å². The number of aromatic nitrogens is 3. The van der Waals surface area contributed by atoms with E-state index in [-0.39, 0.29) is 34.5 Å². The monoisotopic (exact) mass is 476 g/mol. The highest BCUT2D eigenvalue weighted by Gasteiger charge is 2.31. The van der Waals surface area contributed by atoms with E-state index >= 15 is 0 Å². The summed E-state index contributed by atoms with van der Waals surface area (Å²) in [6, 6.07) is 10.5. The average molecular weight is 477 g/mol. The van der Waals surface area contributed by atoms with Crippen molar-refractivity contribution in [3.8, 4) is 5.69 Å². The second-order valence-electron chi connectivity index (χ2n) is 9.34. The number of nitrogens with zero attached hydrogens (tertiary/aromatic N) is 4. The number of hydrogen-bond acceptors (Lipinski definition) is 6. The molecule has 3 aromatic rings. The summed E-state index contributed by atoms with van der Waals surface area (Å²) >= 11 is 0. The average Bonchev–Trinajstić information content (AvgIpc) is 3.72. The molecule has 0 unspecified atom stereocenters. The Balaban J connectivity index is 1.77. The van der Waals surface area contributed by atoms with Crippen LogP contribution < -0.4 is 11.2 Å². The number of rotatable bonds is 5. The maximum absolute atomic E-state index is 13.8. The Morgan fingerprint density at radius 2 is 1.83 bits per heavy atom. The second kappa shape index (κ2) is 9.13. The molecule has 0 N–H and O–H groups in total. The lowest BCUT2D eigenvalue weighted by Gasteiger charge is -2.33. The van der Waals surface area contributed by atoms with Gasteiger partial charge in [-0.25, -0.2) is 23.7 Å². The van der Waals surface area contributed by atoms with Crippen molar-refractivity contribution in [3.05, 3.63) is 68.5 Å². The lowest BCUT2D eigenvalue weighted by atomic mass is 10.0. The van der Waals surface area contributed by atoms with Gasteiger partial charge in [0.15, 0.2) is 5.65 Å². The number of methoxy groups -OCH3 is 1. The summed E-state index contributed by atoms with van der Waals surface area (Å²) in [5.74, 6) is -0.804. The molecule has 2 aliphatic rings. The van der Waals surface area contributed by atoms with E-state index in [4.69, 9.17) is 4.74 Å². The third-order valence-electron chi connectivity index (χ3n) is 6.95.